The van der Waals surface area contributed by atoms with Crippen LogP contribution in [0.2, 0.25) is 0 Å². The molecular weight excluding hydrogens is 343 g/mol. The molecular formula is C18H15PS3. The molecule has 4 heteroatoms. The number of hydrogen-bond acceptors (Lipinski definition) is 3. The lowest BCUT2D eigenvalue weighted by Crippen LogP contribution is -2.24. The fourth-order valence-electron chi connectivity index (χ4n) is 2.41. The largest absolute Gasteiger partial charge is 0.143 e. The highest BCUT2D eigenvalue weighted by atomic mass is 32.4. The fourth-order valence-corrected chi connectivity index (χ4v) is 6.43. The van der Waals surface area contributed by atoms with Crippen molar-refractivity contribution in [3.63, 3.8) is 0 Å². The molecule has 0 aliphatic heterocycles. The van der Waals surface area contributed by atoms with Gasteiger partial charge in [-0.3, -0.25) is 0 Å². The van der Waals surface area contributed by atoms with Gasteiger partial charge in [0.05, 0.1) is 0 Å². The summed E-state index contributed by atoms with van der Waals surface area (Å²) < 4.78 is 0. The van der Waals surface area contributed by atoms with Gasteiger partial charge in [-0.1, -0.05) is 66.4 Å². The predicted molar refractivity (Wildman–Crippen MR) is 107 cm³/mol. The molecule has 3 rings (SSSR count). The molecule has 0 spiro atoms. The summed E-state index contributed by atoms with van der Waals surface area (Å²) in [6.45, 7) is 0. The van der Waals surface area contributed by atoms with Gasteiger partial charge >= 0.3 is 0 Å². The maximum absolute atomic E-state index is 6.25. The molecule has 0 unspecified atom stereocenters. The molecule has 0 radical (unpaired) electrons. The first-order valence-corrected chi connectivity index (χ1v) is 10.6. The van der Waals surface area contributed by atoms with Gasteiger partial charge in [-0.25, -0.2) is 0 Å². The molecule has 0 saturated carbocycles. The van der Waals surface area contributed by atoms with E-state index in [-0.39, 0.29) is 0 Å². The Bertz CT molecular complexity index is 760. The molecule has 0 heterocycles. The number of hydrogen-bond donors (Lipinski definition) is 2. The van der Waals surface area contributed by atoms with Crippen molar-refractivity contribution in [2.75, 3.05) is 0 Å². The van der Waals surface area contributed by atoms with Crippen molar-refractivity contribution in [2.45, 2.75) is 9.79 Å². The molecule has 0 nitrogen and oxygen atoms in total. The van der Waals surface area contributed by atoms with Crippen LogP contribution in [0.4, 0.5) is 0 Å². The third-order valence-corrected chi connectivity index (χ3v) is 9.12. The summed E-state index contributed by atoms with van der Waals surface area (Å²) in [7, 11) is 0. The molecule has 0 aromatic heterocycles. The second-order valence-electron chi connectivity index (χ2n) is 4.98. The van der Waals surface area contributed by atoms with Crippen molar-refractivity contribution in [3.8, 4) is 0 Å². The lowest BCUT2D eigenvalue weighted by molar-refractivity contribution is 1.49. The van der Waals surface area contributed by atoms with Crippen LogP contribution in [0.25, 0.3) is 0 Å². The Morgan fingerprint density at radius 1 is 0.545 bits per heavy atom. The Labute approximate surface area is 147 Å². The van der Waals surface area contributed by atoms with E-state index in [0.717, 1.165) is 9.79 Å². The zero-order chi connectivity index (χ0) is 15.6. The summed E-state index contributed by atoms with van der Waals surface area (Å²) in [5.74, 6) is 0. The van der Waals surface area contributed by atoms with Crippen LogP contribution in [0.15, 0.2) is 88.7 Å². The topological polar surface area (TPSA) is 0 Å². The summed E-state index contributed by atoms with van der Waals surface area (Å²) in [6, 6.07) is 24.8. The third kappa shape index (κ3) is 3.04. The Balaban J connectivity index is 2.25. The maximum atomic E-state index is 6.25. The average molecular weight is 358 g/mol. The van der Waals surface area contributed by atoms with Crippen molar-refractivity contribution < 1.29 is 0 Å². The number of benzene rings is 3. The van der Waals surface area contributed by atoms with Crippen LogP contribution in [0.3, 0.4) is 0 Å². The highest BCUT2D eigenvalue weighted by Crippen LogP contribution is 2.42. The number of rotatable bonds is 3. The Morgan fingerprint density at radius 2 is 0.909 bits per heavy atom. The first-order valence-electron chi connectivity index (χ1n) is 6.85. The normalized spacial score (nSPS) is 11.4. The van der Waals surface area contributed by atoms with E-state index in [0.29, 0.717) is 0 Å². The molecule has 22 heavy (non-hydrogen) atoms. The number of thiol groups is 2. The summed E-state index contributed by atoms with van der Waals surface area (Å²) in [6.07, 6.45) is 0. The molecule has 3 aromatic rings. The van der Waals surface area contributed by atoms with Gasteiger partial charge in [0.25, 0.3) is 0 Å². The first-order chi connectivity index (χ1) is 10.6. The van der Waals surface area contributed by atoms with Gasteiger partial charge < -0.3 is 0 Å². The van der Waals surface area contributed by atoms with Gasteiger partial charge in [0, 0.05) is 15.8 Å². The van der Waals surface area contributed by atoms with Gasteiger partial charge in [-0.05, 0) is 40.2 Å². The van der Waals surface area contributed by atoms with E-state index in [4.69, 9.17) is 11.8 Å². The summed E-state index contributed by atoms with van der Waals surface area (Å²) in [5.41, 5.74) is 0. The molecule has 0 aliphatic carbocycles. The standard InChI is InChI=1S/C18H15PS3/c20-17-10-6-15(7-11-17)19(22,14-4-2-1-3-5-14)16-8-12-18(21)13-9-16/h1-13,20-21H. The van der Waals surface area contributed by atoms with E-state index >= 15 is 0 Å². The Kier molecular flexibility index (Phi) is 4.79. The van der Waals surface area contributed by atoms with E-state index in [1.54, 1.807) is 0 Å². The van der Waals surface area contributed by atoms with Gasteiger partial charge in [0.1, 0.15) is 0 Å². The van der Waals surface area contributed by atoms with Crippen LogP contribution in [0.1, 0.15) is 0 Å². The van der Waals surface area contributed by atoms with E-state index in [1.807, 2.05) is 30.3 Å². The summed E-state index contributed by atoms with van der Waals surface area (Å²) >= 11 is 15.0. The lowest BCUT2D eigenvalue weighted by Gasteiger charge is -2.24. The van der Waals surface area contributed by atoms with Gasteiger partial charge in [-0.15, -0.1) is 25.3 Å². The van der Waals surface area contributed by atoms with Crippen molar-refractivity contribution in [3.05, 3.63) is 78.9 Å². The zero-order valence-corrected chi connectivity index (χ0v) is 15.3. The molecule has 0 N–H and O–H groups in total. The molecule has 0 amide bonds. The molecule has 110 valence electrons. The van der Waals surface area contributed by atoms with Gasteiger partial charge in [0.15, 0.2) is 0 Å². The van der Waals surface area contributed by atoms with Crippen LogP contribution in [0, 0.1) is 0 Å². The van der Waals surface area contributed by atoms with E-state index < -0.39 is 6.04 Å². The molecule has 0 bridgehead atoms. The van der Waals surface area contributed by atoms with E-state index in [1.165, 1.54) is 15.9 Å². The van der Waals surface area contributed by atoms with Crippen LogP contribution in [-0.4, -0.2) is 0 Å². The second-order valence-corrected chi connectivity index (χ2v) is 10.4. The quantitative estimate of drug-likeness (QED) is 0.527. The van der Waals surface area contributed by atoms with Crippen LogP contribution in [0.5, 0.6) is 0 Å². The maximum Gasteiger partial charge on any atom is 0.0379 e. The summed E-state index contributed by atoms with van der Waals surface area (Å²) in [5, 5.41) is 3.56. The van der Waals surface area contributed by atoms with Crippen molar-refractivity contribution >= 4 is 59.0 Å². The Morgan fingerprint density at radius 3 is 1.32 bits per heavy atom. The minimum absolute atomic E-state index is 0.948. The Hall–Kier alpha value is -0.990. The molecule has 0 aliphatic rings. The molecule has 0 fully saturated rings. The highest BCUT2D eigenvalue weighted by Gasteiger charge is 2.24. The lowest BCUT2D eigenvalue weighted by atomic mass is 10.3. The molecule has 0 atom stereocenters. The monoisotopic (exact) mass is 358 g/mol. The highest BCUT2D eigenvalue weighted by molar-refractivity contribution is 8.25. The first kappa shape index (κ1) is 15.9. The molecule has 3 aromatic carbocycles. The second kappa shape index (κ2) is 6.64. The SMILES string of the molecule is S=P(c1ccccc1)(c1ccc(S)cc1)c1ccc(S)cc1. The third-order valence-electron chi connectivity index (χ3n) is 3.55. The van der Waals surface area contributed by atoms with E-state index in [9.17, 15) is 0 Å². The zero-order valence-electron chi connectivity index (χ0n) is 11.8. The molecule has 0 saturated heterocycles. The summed E-state index contributed by atoms with van der Waals surface area (Å²) in [4.78, 5) is 1.90. The van der Waals surface area contributed by atoms with Crippen molar-refractivity contribution in [1.29, 1.82) is 0 Å². The van der Waals surface area contributed by atoms with Crippen LogP contribution < -0.4 is 15.9 Å². The van der Waals surface area contributed by atoms with Crippen molar-refractivity contribution in [2.24, 2.45) is 0 Å². The van der Waals surface area contributed by atoms with Gasteiger partial charge in [0.2, 0.25) is 0 Å². The van der Waals surface area contributed by atoms with Crippen LogP contribution >= 0.6 is 31.3 Å². The smallest absolute Gasteiger partial charge is 0.0379 e. The predicted octanol–water partition coefficient (Wildman–Crippen LogP) is 4.02. The van der Waals surface area contributed by atoms with Crippen molar-refractivity contribution in [1.82, 2.24) is 0 Å². The minimum atomic E-state index is -2.05. The minimum Gasteiger partial charge on any atom is -0.143 e. The van der Waals surface area contributed by atoms with Gasteiger partial charge in [-0.2, -0.15) is 0 Å². The van der Waals surface area contributed by atoms with E-state index in [2.05, 4.69) is 73.8 Å². The van der Waals surface area contributed by atoms with Crippen LogP contribution in [-0.2, 0) is 11.8 Å². The fraction of sp³-hybridized carbons (Fsp3) is 0. The average Bonchev–Trinajstić information content (AvgIpc) is 2.56.